The smallest absolute Gasteiger partial charge is 0.255 e. The highest BCUT2D eigenvalue weighted by Gasteiger charge is 2.34. The lowest BCUT2D eigenvalue weighted by Gasteiger charge is -2.30. The zero-order valence-corrected chi connectivity index (χ0v) is 29.4. The predicted octanol–water partition coefficient (Wildman–Crippen LogP) is 3.44. The van der Waals surface area contributed by atoms with Crippen molar-refractivity contribution in [2.24, 2.45) is 0 Å². The molecular weight excluding hydrogens is 677 g/mol. The first-order chi connectivity index (χ1) is 24.0. The Hall–Kier alpha value is -4.53. The highest BCUT2D eigenvalue weighted by Crippen LogP contribution is 2.36. The Bertz CT molecular complexity index is 1950. The van der Waals surface area contributed by atoms with Crippen LogP contribution >= 0.6 is 11.8 Å². The van der Waals surface area contributed by atoms with Crippen molar-refractivity contribution in [3.63, 3.8) is 0 Å². The molecular formula is C37H40N4O7S2. The van der Waals surface area contributed by atoms with Gasteiger partial charge in [0.2, 0.25) is 16.2 Å². The summed E-state index contributed by atoms with van der Waals surface area (Å²) >= 11 is 1.45. The van der Waals surface area contributed by atoms with E-state index in [0.29, 0.717) is 39.4 Å². The fraction of sp³-hybridized carbons (Fsp3) is 0.297. The average Bonchev–Trinajstić information content (AvgIpc) is 3.23. The van der Waals surface area contributed by atoms with Crippen molar-refractivity contribution in [3.05, 3.63) is 108 Å². The second kappa shape index (κ2) is 16.5. The van der Waals surface area contributed by atoms with E-state index in [2.05, 4.69) is 16.0 Å². The molecule has 0 bridgehead atoms. The number of para-hydroxylation sites is 2. The molecule has 0 saturated carbocycles. The summed E-state index contributed by atoms with van der Waals surface area (Å²) in [5.41, 5.74) is 2.53. The fourth-order valence-corrected chi connectivity index (χ4v) is 7.49. The number of carbonyl (C=O) groups is 3. The summed E-state index contributed by atoms with van der Waals surface area (Å²) in [6.45, 7) is 3.38. The number of benzene rings is 3. The maximum absolute atomic E-state index is 14.1. The normalized spacial score (nSPS) is 16.8. The molecule has 1 aliphatic carbocycles. The maximum atomic E-state index is 14.1. The molecule has 2 aliphatic rings. The Labute approximate surface area is 297 Å². The van der Waals surface area contributed by atoms with E-state index >= 15 is 0 Å². The molecule has 0 aromatic heterocycles. The van der Waals surface area contributed by atoms with Crippen LogP contribution in [0.4, 0.5) is 11.4 Å². The van der Waals surface area contributed by atoms with Gasteiger partial charge in [0.15, 0.2) is 0 Å². The molecule has 1 heterocycles. The summed E-state index contributed by atoms with van der Waals surface area (Å²) in [6, 6.07) is 22.3. The third kappa shape index (κ3) is 9.17. The molecule has 3 aromatic carbocycles. The molecule has 13 heteroatoms. The molecule has 3 amide bonds. The number of fused-ring (bicyclic) bond motifs is 1. The first-order valence-corrected chi connectivity index (χ1v) is 18.2. The number of hydrogen-bond donors (Lipinski definition) is 5. The van der Waals surface area contributed by atoms with Gasteiger partial charge in [0.1, 0.15) is 6.04 Å². The second-order valence-electron chi connectivity index (χ2n) is 12.7. The van der Waals surface area contributed by atoms with Crippen LogP contribution in [-0.4, -0.2) is 84.4 Å². The van der Waals surface area contributed by atoms with Crippen LogP contribution < -0.4 is 20.9 Å². The number of allylic oxidation sites excluding steroid dienone is 3. The number of nitrogens with zero attached hydrogens (tertiary/aromatic N) is 1. The minimum atomic E-state index is -2.61. The number of β-amino-alcohol motifs (C(OH)–C–C–N with tert-alkyl or cyclic N) is 1. The largest absolute Gasteiger partial charge is 0.394 e. The minimum Gasteiger partial charge on any atom is -0.394 e. The van der Waals surface area contributed by atoms with E-state index in [1.807, 2.05) is 30.3 Å². The van der Waals surface area contributed by atoms with E-state index in [1.165, 1.54) is 11.8 Å². The zero-order chi connectivity index (χ0) is 35.8. The number of rotatable bonds is 12. The summed E-state index contributed by atoms with van der Waals surface area (Å²) in [4.78, 5) is 42.8. The predicted molar refractivity (Wildman–Crippen MR) is 197 cm³/mol. The lowest BCUT2D eigenvalue weighted by atomic mass is 9.91. The highest BCUT2D eigenvalue weighted by molar-refractivity contribution is 7.99. The zero-order valence-electron chi connectivity index (χ0n) is 27.8. The number of aliphatic hydroxyl groups excluding tert-OH is 2. The third-order valence-corrected chi connectivity index (χ3v) is 10.3. The van der Waals surface area contributed by atoms with Gasteiger partial charge in [-0.1, -0.05) is 60.7 Å². The van der Waals surface area contributed by atoms with Gasteiger partial charge in [-0.3, -0.25) is 14.4 Å². The molecule has 0 spiro atoms. The summed E-state index contributed by atoms with van der Waals surface area (Å²) in [6.07, 6.45) is 2.60. The molecule has 5 rings (SSSR count). The SMILES string of the molecule is CC(C)(CC(=O)N[C@@H]1CSc2ccccc2N(CC2=CC=C(c3ccccc3NC(=O)c3ccccc3)C(=S(=O)=O)C2)C1=O)NC[C@H](O)CO. The summed E-state index contributed by atoms with van der Waals surface area (Å²) in [7, 11) is -2.61. The molecule has 1 aliphatic heterocycles. The lowest BCUT2D eigenvalue weighted by Crippen LogP contribution is -2.53. The van der Waals surface area contributed by atoms with Gasteiger partial charge < -0.3 is 31.1 Å². The van der Waals surface area contributed by atoms with Crippen molar-refractivity contribution < 1.29 is 33.0 Å². The Morgan fingerprint density at radius 1 is 1.00 bits per heavy atom. The quantitative estimate of drug-likeness (QED) is 0.177. The maximum Gasteiger partial charge on any atom is 0.255 e. The van der Waals surface area contributed by atoms with Crippen LogP contribution in [0.3, 0.4) is 0 Å². The van der Waals surface area contributed by atoms with Gasteiger partial charge in [-0.15, -0.1) is 11.8 Å². The summed E-state index contributed by atoms with van der Waals surface area (Å²) in [5, 5.41) is 27.7. The van der Waals surface area contributed by atoms with E-state index in [9.17, 15) is 27.9 Å². The van der Waals surface area contributed by atoms with Crippen molar-refractivity contribution in [1.82, 2.24) is 10.6 Å². The van der Waals surface area contributed by atoms with Crippen LogP contribution in [0.5, 0.6) is 0 Å². The molecule has 0 radical (unpaired) electrons. The summed E-state index contributed by atoms with van der Waals surface area (Å²) < 4.78 is 25.4. The van der Waals surface area contributed by atoms with Crippen LogP contribution in [0.25, 0.3) is 5.57 Å². The van der Waals surface area contributed by atoms with Gasteiger partial charge >= 0.3 is 0 Å². The molecule has 0 saturated heterocycles. The van der Waals surface area contributed by atoms with Crippen LogP contribution in [-0.2, 0) is 19.9 Å². The minimum absolute atomic E-state index is 0.0200. The van der Waals surface area contributed by atoms with E-state index in [4.69, 9.17) is 5.11 Å². The molecule has 262 valence electrons. The number of aliphatic hydroxyl groups is 2. The van der Waals surface area contributed by atoms with Crippen molar-refractivity contribution in [2.45, 2.75) is 49.3 Å². The number of anilines is 2. The van der Waals surface area contributed by atoms with Gasteiger partial charge in [-0.2, -0.15) is 8.42 Å². The second-order valence-corrected chi connectivity index (χ2v) is 14.7. The van der Waals surface area contributed by atoms with E-state index in [1.54, 1.807) is 79.4 Å². The number of amides is 3. The number of nitrogens with one attached hydrogen (secondary N) is 3. The topological polar surface area (TPSA) is 165 Å². The molecule has 0 unspecified atom stereocenters. The molecule has 5 N–H and O–H groups in total. The van der Waals surface area contributed by atoms with Crippen LogP contribution in [0, 0.1) is 0 Å². The summed E-state index contributed by atoms with van der Waals surface area (Å²) in [5.74, 6) is -0.711. The van der Waals surface area contributed by atoms with Gasteiger partial charge in [0.05, 0.1) is 23.3 Å². The first kappa shape index (κ1) is 36.7. The standard InChI is InChI=1S/C37H40N4O7S2/c1-37(2,38-20-26(43)22-42)19-34(44)39-30-23-49-32-15-9-8-14-31(32)41(36(30)46)21-24-16-17-28(33(18-24)50(47)48)27-12-6-7-13-29(27)40-35(45)25-10-4-3-5-11-25/h3-17,26,30,38,42-43H,18-23H2,1-2H3,(H,39,44)(H,40,45)/t26-,30+/m0/s1. The van der Waals surface area contributed by atoms with Crippen LogP contribution in [0.2, 0.25) is 0 Å². The molecule has 2 atom stereocenters. The lowest BCUT2D eigenvalue weighted by molar-refractivity contribution is -0.127. The Morgan fingerprint density at radius 3 is 2.44 bits per heavy atom. The molecule has 0 fully saturated rings. The third-order valence-electron chi connectivity index (χ3n) is 8.33. The van der Waals surface area contributed by atoms with E-state index in [-0.39, 0.29) is 48.5 Å². The molecule has 50 heavy (non-hydrogen) atoms. The van der Waals surface area contributed by atoms with Gasteiger partial charge in [0.25, 0.3) is 11.8 Å². The monoisotopic (exact) mass is 716 g/mol. The van der Waals surface area contributed by atoms with Crippen molar-refractivity contribution in [1.29, 1.82) is 0 Å². The Balaban J connectivity index is 1.39. The van der Waals surface area contributed by atoms with Crippen LogP contribution in [0.15, 0.2) is 101 Å². The highest BCUT2D eigenvalue weighted by atomic mass is 32.2. The average molecular weight is 717 g/mol. The van der Waals surface area contributed by atoms with Gasteiger partial charge in [0, 0.05) is 64.5 Å². The van der Waals surface area contributed by atoms with Crippen LogP contribution in [0.1, 0.15) is 42.6 Å². The first-order valence-electron chi connectivity index (χ1n) is 16.1. The van der Waals surface area contributed by atoms with Gasteiger partial charge in [-0.05, 0) is 49.8 Å². The number of hydrogen-bond acceptors (Lipinski definition) is 9. The fourth-order valence-electron chi connectivity index (χ4n) is 5.75. The van der Waals surface area contributed by atoms with Crippen molar-refractivity contribution >= 4 is 61.6 Å². The molecule has 11 nitrogen and oxygen atoms in total. The van der Waals surface area contributed by atoms with Crippen molar-refractivity contribution in [3.8, 4) is 0 Å². The molecule has 3 aromatic rings. The van der Waals surface area contributed by atoms with E-state index < -0.39 is 34.6 Å². The van der Waals surface area contributed by atoms with E-state index in [0.717, 1.165) is 4.90 Å². The Kier molecular flexibility index (Phi) is 12.1. The van der Waals surface area contributed by atoms with Gasteiger partial charge in [-0.25, -0.2) is 0 Å². The van der Waals surface area contributed by atoms with Crippen molar-refractivity contribution in [2.75, 3.05) is 35.7 Å². The number of thioether (sulfide) groups is 1. The Morgan fingerprint density at radius 2 is 1.70 bits per heavy atom. The number of carbonyl (C=O) groups excluding carboxylic acids is 3.